The van der Waals surface area contributed by atoms with Crippen LogP contribution >= 0.6 is 0 Å². The Bertz CT molecular complexity index is 1790. The normalized spacial score (nSPS) is 10.4. The van der Waals surface area contributed by atoms with Gasteiger partial charge in [0.1, 0.15) is 11.5 Å². The molecule has 0 radical (unpaired) electrons. The first-order valence-electron chi connectivity index (χ1n) is 11.3. The van der Waals surface area contributed by atoms with E-state index < -0.39 is 11.9 Å². The van der Waals surface area contributed by atoms with Crippen molar-refractivity contribution in [2.45, 2.75) is 0 Å². The van der Waals surface area contributed by atoms with Crippen LogP contribution in [0.1, 0.15) is 20.7 Å². The fraction of sp³-hybridized carbons (Fsp3) is 0. The molecule has 0 aliphatic carbocycles. The molecule has 6 aromatic carbocycles. The number of phenols is 2. The Labute approximate surface area is 312 Å². The molecule has 40 heavy (non-hydrogen) atoms. The monoisotopic (exact) mass is 584 g/mol. The van der Waals surface area contributed by atoms with Crippen LogP contribution in [0.15, 0.2) is 84.9 Å². The number of fused-ring (bicyclic) bond motifs is 4. The van der Waals surface area contributed by atoms with Crippen molar-refractivity contribution in [1.29, 1.82) is 0 Å². The van der Waals surface area contributed by atoms with Crippen molar-refractivity contribution < 1.29 is 143 Å². The molecule has 0 aliphatic rings. The topological polar surface area (TPSA) is 161 Å². The van der Waals surface area contributed by atoms with Gasteiger partial charge in [-0.25, -0.2) is 9.59 Å². The van der Waals surface area contributed by atoms with Crippen LogP contribution in [-0.4, -0.2) is 32.4 Å². The number of phenolic OH excluding ortho intramolecular Hbond substituents is 2. The van der Waals surface area contributed by atoms with Gasteiger partial charge in [-0.05, 0) is 57.9 Å². The predicted molar refractivity (Wildman–Crippen MR) is 139 cm³/mol. The fourth-order valence-corrected chi connectivity index (χ4v) is 4.50. The summed E-state index contributed by atoms with van der Waals surface area (Å²) in [5.41, 5.74) is 0.0542. The minimum atomic E-state index is -1.10. The second-order valence-corrected chi connectivity index (χ2v) is 8.58. The van der Waals surface area contributed by atoms with Crippen molar-refractivity contribution in [2.75, 3.05) is 0 Å². The van der Waals surface area contributed by atoms with Crippen LogP contribution in [0.4, 0.5) is 0 Å². The standard InChI is InChI=1S/2C15H10O4.2K/c2*16-13-9-3-1-2-4-10(9)14(17)12-7-8(15(18)19)5-6-11(12)13;;/h2*1-7,16-17H,(H,18,19);;/q;;2*+1/p-2. The minimum Gasteiger partial charge on any atom is -0.872 e. The zero-order valence-corrected chi connectivity index (χ0v) is 27.8. The van der Waals surface area contributed by atoms with E-state index in [0.717, 1.165) is 0 Å². The maximum absolute atomic E-state index is 12.3. The average Bonchev–Trinajstić information content (AvgIpc) is 2.94. The second kappa shape index (κ2) is 13.2. The van der Waals surface area contributed by atoms with Crippen LogP contribution in [0, 0.1) is 0 Å². The van der Waals surface area contributed by atoms with Crippen molar-refractivity contribution in [2.24, 2.45) is 0 Å². The molecule has 10 heteroatoms. The SMILES string of the molecule is O=C(O)c1ccc2c(O)c3ccccc3c([O-])c2c1.O=C(O)c1ccc2c(O)c3ccccc3c([O-])c2c1.[K+].[K+]. The third-order valence-electron chi connectivity index (χ3n) is 6.39. The van der Waals surface area contributed by atoms with Crippen molar-refractivity contribution >= 4 is 55.0 Å². The molecule has 0 fully saturated rings. The van der Waals surface area contributed by atoms with Gasteiger partial charge < -0.3 is 30.6 Å². The van der Waals surface area contributed by atoms with Gasteiger partial charge in [0.2, 0.25) is 0 Å². The molecule has 0 aliphatic heterocycles. The predicted octanol–water partition coefficient (Wildman–Crippen LogP) is -1.05. The van der Waals surface area contributed by atoms with Gasteiger partial charge in [0.05, 0.1) is 11.1 Å². The van der Waals surface area contributed by atoms with Crippen LogP contribution < -0.4 is 113 Å². The van der Waals surface area contributed by atoms with Gasteiger partial charge in [-0.3, -0.25) is 0 Å². The van der Waals surface area contributed by atoms with Gasteiger partial charge >= 0.3 is 115 Å². The largest absolute Gasteiger partial charge is 1.00 e. The first-order valence-corrected chi connectivity index (χ1v) is 11.3. The maximum atomic E-state index is 12.3. The van der Waals surface area contributed by atoms with Crippen LogP contribution in [0.5, 0.6) is 23.0 Å². The van der Waals surface area contributed by atoms with E-state index in [-0.39, 0.29) is 148 Å². The Morgan fingerprint density at radius 2 is 0.775 bits per heavy atom. The Hall–Kier alpha value is -2.23. The Balaban J connectivity index is 0.000000210. The zero-order chi connectivity index (χ0) is 27.1. The van der Waals surface area contributed by atoms with E-state index in [1.54, 1.807) is 48.5 Å². The molecule has 0 heterocycles. The molecule has 4 N–H and O–H groups in total. The number of carboxylic acid groups (broad SMARTS) is 2. The first kappa shape index (κ1) is 32.3. The van der Waals surface area contributed by atoms with Crippen LogP contribution in [0.25, 0.3) is 43.1 Å². The van der Waals surface area contributed by atoms with Gasteiger partial charge in [-0.15, -0.1) is 0 Å². The van der Waals surface area contributed by atoms with E-state index in [2.05, 4.69) is 0 Å². The molecule has 0 atom stereocenters. The summed E-state index contributed by atoms with van der Waals surface area (Å²) in [7, 11) is 0. The molecule has 6 rings (SSSR count). The zero-order valence-electron chi connectivity index (χ0n) is 21.5. The average molecular weight is 585 g/mol. The van der Waals surface area contributed by atoms with E-state index in [0.29, 0.717) is 32.3 Å². The quantitative estimate of drug-likeness (QED) is 0.148. The summed E-state index contributed by atoms with van der Waals surface area (Å²) in [6.45, 7) is 0. The van der Waals surface area contributed by atoms with Gasteiger partial charge in [0.25, 0.3) is 0 Å². The fourth-order valence-electron chi connectivity index (χ4n) is 4.50. The van der Waals surface area contributed by atoms with E-state index in [4.69, 9.17) is 10.2 Å². The Morgan fingerprint density at radius 3 is 1.10 bits per heavy atom. The summed E-state index contributed by atoms with van der Waals surface area (Å²) < 4.78 is 0. The van der Waals surface area contributed by atoms with E-state index in [9.17, 15) is 30.0 Å². The number of aromatic carboxylic acids is 2. The van der Waals surface area contributed by atoms with E-state index in [1.807, 2.05) is 0 Å². The molecule has 8 nitrogen and oxygen atoms in total. The van der Waals surface area contributed by atoms with E-state index >= 15 is 0 Å². The summed E-state index contributed by atoms with van der Waals surface area (Å²) in [6.07, 6.45) is 0. The molecular weight excluding hydrogens is 567 g/mol. The van der Waals surface area contributed by atoms with Gasteiger partial charge in [-0.1, -0.05) is 60.0 Å². The third-order valence-corrected chi connectivity index (χ3v) is 6.39. The van der Waals surface area contributed by atoms with Crippen molar-refractivity contribution in [3.05, 3.63) is 96.1 Å². The first-order chi connectivity index (χ1) is 18.2. The number of aromatic hydroxyl groups is 2. The van der Waals surface area contributed by atoms with Gasteiger partial charge in [0.15, 0.2) is 0 Å². The summed E-state index contributed by atoms with van der Waals surface area (Å²) in [4.78, 5) is 21.9. The maximum Gasteiger partial charge on any atom is 1.00 e. The number of carboxylic acids is 2. The molecule has 6 aromatic rings. The number of hydrogen-bond acceptors (Lipinski definition) is 6. The second-order valence-electron chi connectivity index (χ2n) is 8.58. The molecule has 0 saturated carbocycles. The minimum absolute atomic E-state index is 0. The number of rotatable bonds is 2. The van der Waals surface area contributed by atoms with Crippen LogP contribution in [0.2, 0.25) is 0 Å². The summed E-state index contributed by atoms with van der Waals surface area (Å²) in [5, 5.41) is 65.8. The Morgan fingerprint density at radius 1 is 0.475 bits per heavy atom. The molecule has 0 amide bonds. The van der Waals surface area contributed by atoms with Crippen LogP contribution in [0.3, 0.4) is 0 Å². The van der Waals surface area contributed by atoms with Gasteiger partial charge in [-0.2, -0.15) is 0 Å². The number of carbonyl (C=O) groups is 2. The molecule has 0 saturated heterocycles. The molecule has 0 spiro atoms. The van der Waals surface area contributed by atoms with Crippen molar-refractivity contribution in [3.8, 4) is 23.0 Å². The van der Waals surface area contributed by atoms with Gasteiger partial charge in [0, 0.05) is 21.5 Å². The third kappa shape index (κ3) is 5.88. The molecule has 0 unspecified atom stereocenters. The van der Waals surface area contributed by atoms with E-state index in [1.165, 1.54) is 36.4 Å². The van der Waals surface area contributed by atoms with Crippen LogP contribution in [-0.2, 0) is 0 Å². The molecule has 0 aromatic heterocycles. The molecule has 188 valence electrons. The number of hydrogen-bond donors (Lipinski definition) is 4. The van der Waals surface area contributed by atoms with Crippen molar-refractivity contribution in [3.63, 3.8) is 0 Å². The summed E-state index contributed by atoms with van der Waals surface area (Å²) >= 11 is 0. The molecular formula is C30H18K2O8. The number of benzene rings is 6. The Kier molecular flexibility index (Phi) is 10.6. The summed E-state index contributed by atoms with van der Waals surface area (Å²) in [6, 6.07) is 21.7. The van der Waals surface area contributed by atoms with Crippen molar-refractivity contribution in [1.82, 2.24) is 0 Å². The molecule has 0 bridgehead atoms. The summed E-state index contributed by atoms with van der Waals surface area (Å²) in [5.74, 6) is -2.75. The smallest absolute Gasteiger partial charge is 0.872 e.